The standard InChI is InChI=1S/C17H20N6O2/c1-21-15(24)6-5-13(20-21)17(25)22-10-7-12(8-11-22)16-19-18-14-4-2-3-9-23(14)16/h2-4,9,12H,5-8,10-11H2,1H3. The number of hydrogen-bond acceptors (Lipinski definition) is 5. The lowest BCUT2D eigenvalue weighted by molar-refractivity contribution is -0.130. The maximum Gasteiger partial charge on any atom is 0.270 e. The van der Waals surface area contributed by atoms with Gasteiger partial charge in [-0.15, -0.1) is 10.2 Å². The first kappa shape index (κ1) is 15.7. The van der Waals surface area contributed by atoms with Gasteiger partial charge in [-0.2, -0.15) is 5.10 Å². The minimum absolute atomic E-state index is 0.0473. The minimum Gasteiger partial charge on any atom is -0.337 e. The van der Waals surface area contributed by atoms with E-state index < -0.39 is 0 Å². The molecule has 0 unspecified atom stereocenters. The van der Waals surface area contributed by atoms with Crippen molar-refractivity contribution in [2.45, 2.75) is 31.6 Å². The van der Waals surface area contributed by atoms with Gasteiger partial charge in [-0.1, -0.05) is 6.07 Å². The van der Waals surface area contributed by atoms with Crippen LogP contribution in [0.4, 0.5) is 0 Å². The van der Waals surface area contributed by atoms with Crippen molar-refractivity contribution in [1.82, 2.24) is 24.5 Å². The van der Waals surface area contributed by atoms with Gasteiger partial charge in [-0.3, -0.25) is 14.0 Å². The highest BCUT2D eigenvalue weighted by molar-refractivity contribution is 6.39. The van der Waals surface area contributed by atoms with Crippen molar-refractivity contribution in [3.63, 3.8) is 0 Å². The average Bonchev–Trinajstić information content (AvgIpc) is 3.08. The Balaban J connectivity index is 1.44. The highest BCUT2D eigenvalue weighted by atomic mass is 16.2. The van der Waals surface area contributed by atoms with Gasteiger partial charge < -0.3 is 4.90 Å². The number of piperidine rings is 1. The molecule has 0 N–H and O–H groups in total. The zero-order chi connectivity index (χ0) is 17.4. The van der Waals surface area contributed by atoms with E-state index in [1.165, 1.54) is 5.01 Å². The number of hydrazone groups is 1. The van der Waals surface area contributed by atoms with Crippen LogP contribution >= 0.6 is 0 Å². The Kier molecular flexibility index (Phi) is 3.95. The van der Waals surface area contributed by atoms with Crippen molar-refractivity contribution < 1.29 is 9.59 Å². The smallest absolute Gasteiger partial charge is 0.270 e. The van der Waals surface area contributed by atoms with E-state index in [1.807, 2.05) is 33.7 Å². The molecule has 0 radical (unpaired) electrons. The number of pyridine rings is 1. The number of aromatic nitrogens is 3. The van der Waals surface area contributed by atoms with E-state index in [9.17, 15) is 9.59 Å². The number of likely N-dealkylation sites (tertiary alicyclic amines) is 1. The summed E-state index contributed by atoms with van der Waals surface area (Å²) >= 11 is 0. The summed E-state index contributed by atoms with van der Waals surface area (Å²) in [7, 11) is 1.59. The Bertz CT molecular complexity index is 850. The summed E-state index contributed by atoms with van der Waals surface area (Å²) in [6, 6.07) is 5.85. The second-order valence-electron chi connectivity index (χ2n) is 6.52. The van der Waals surface area contributed by atoms with Crippen molar-refractivity contribution in [2.75, 3.05) is 20.1 Å². The van der Waals surface area contributed by atoms with Crippen molar-refractivity contribution in [3.8, 4) is 0 Å². The van der Waals surface area contributed by atoms with Crippen LogP contribution in [0.25, 0.3) is 5.65 Å². The van der Waals surface area contributed by atoms with Crippen molar-refractivity contribution in [3.05, 3.63) is 30.2 Å². The zero-order valence-electron chi connectivity index (χ0n) is 14.1. The summed E-state index contributed by atoms with van der Waals surface area (Å²) in [6.07, 6.45) is 4.46. The van der Waals surface area contributed by atoms with Crippen LogP contribution < -0.4 is 0 Å². The molecule has 0 spiro atoms. The fourth-order valence-corrected chi connectivity index (χ4v) is 3.49. The second kappa shape index (κ2) is 6.27. The maximum absolute atomic E-state index is 12.6. The van der Waals surface area contributed by atoms with Gasteiger partial charge in [0.2, 0.25) is 5.91 Å². The van der Waals surface area contributed by atoms with E-state index in [2.05, 4.69) is 15.3 Å². The Morgan fingerprint density at radius 2 is 1.96 bits per heavy atom. The number of carbonyl (C=O) groups is 2. The SMILES string of the molecule is CN1N=C(C(=O)N2CCC(c3nnc4ccccn34)CC2)CCC1=O. The summed E-state index contributed by atoms with van der Waals surface area (Å²) in [5.74, 6) is 1.15. The Labute approximate surface area is 145 Å². The fourth-order valence-electron chi connectivity index (χ4n) is 3.49. The molecular formula is C17H20N6O2. The first-order chi connectivity index (χ1) is 12.1. The van der Waals surface area contributed by atoms with Crippen LogP contribution in [0.1, 0.15) is 37.4 Å². The molecule has 2 aliphatic rings. The number of nitrogens with zero attached hydrogens (tertiary/aromatic N) is 6. The predicted molar refractivity (Wildman–Crippen MR) is 91.0 cm³/mol. The summed E-state index contributed by atoms with van der Waals surface area (Å²) in [4.78, 5) is 26.0. The van der Waals surface area contributed by atoms with Gasteiger partial charge >= 0.3 is 0 Å². The Morgan fingerprint density at radius 3 is 2.72 bits per heavy atom. The molecule has 25 heavy (non-hydrogen) atoms. The van der Waals surface area contributed by atoms with Crippen molar-refractivity contribution in [2.24, 2.45) is 5.10 Å². The molecule has 0 aromatic carbocycles. The van der Waals surface area contributed by atoms with Crippen LogP contribution in [0.15, 0.2) is 29.5 Å². The molecule has 1 saturated heterocycles. The molecule has 0 bridgehead atoms. The quantitative estimate of drug-likeness (QED) is 0.818. The maximum atomic E-state index is 12.6. The van der Waals surface area contributed by atoms with Crippen LogP contribution in [-0.2, 0) is 9.59 Å². The van der Waals surface area contributed by atoms with Gasteiger partial charge in [-0.25, -0.2) is 5.01 Å². The number of amides is 2. The minimum atomic E-state index is -0.0519. The van der Waals surface area contributed by atoms with Gasteiger partial charge in [0, 0.05) is 45.1 Å². The predicted octanol–water partition coefficient (Wildman–Crippen LogP) is 1.04. The number of hydrogen-bond donors (Lipinski definition) is 0. The molecule has 4 rings (SSSR count). The van der Waals surface area contributed by atoms with Crippen molar-refractivity contribution >= 4 is 23.2 Å². The Morgan fingerprint density at radius 1 is 1.16 bits per heavy atom. The molecule has 2 amide bonds. The number of fused-ring (bicyclic) bond motifs is 1. The third-order valence-corrected chi connectivity index (χ3v) is 4.94. The average molecular weight is 340 g/mol. The van der Waals surface area contributed by atoms with Crippen LogP contribution in [0.5, 0.6) is 0 Å². The van der Waals surface area contributed by atoms with Gasteiger partial charge in [0.1, 0.15) is 11.5 Å². The summed E-state index contributed by atoms with van der Waals surface area (Å²) in [5.41, 5.74) is 1.33. The van der Waals surface area contributed by atoms with Crippen LogP contribution in [0.2, 0.25) is 0 Å². The van der Waals surface area contributed by atoms with Crippen LogP contribution in [-0.4, -0.2) is 62.2 Å². The normalized spacial score (nSPS) is 19.4. The molecule has 0 aliphatic carbocycles. The first-order valence-corrected chi connectivity index (χ1v) is 8.56. The van der Waals surface area contributed by atoms with Gasteiger partial charge in [0.25, 0.3) is 5.91 Å². The molecule has 0 atom stereocenters. The lowest BCUT2D eigenvalue weighted by Gasteiger charge is -2.32. The molecular weight excluding hydrogens is 320 g/mol. The summed E-state index contributed by atoms with van der Waals surface area (Å²) in [6.45, 7) is 1.34. The first-order valence-electron chi connectivity index (χ1n) is 8.56. The largest absolute Gasteiger partial charge is 0.337 e. The van der Waals surface area contributed by atoms with E-state index in [0.29, 0.717) is 37.6 Å². The van der Waals surface area contributed by atoms with Crippen LogP contribution in [0, 0.1) is 0 Å². The van der Waals surface area contributed by atoms with Crippen molar-refractivity contribution in [1.29, 1.82) is 0 Å². The molecule has 2 aromatic heterocycles. The third kappa shape index (κ3) is 2.88. The molecule has 0 saturated carbocycles. The number of carbonyl (C=O) groups excluding carboxylic acids is 2. The molecule has 8 heteroatoms. The van der Waals surface area contributed by atoms with E-state index in [1.54, 1.807) is 7.05 Å². The molecule has 1 fully saturated rings. The summed E-state index contributed by atoms with van der Waals surface area (Å²) in [5, 5.41) is 14.0. The molecule has 8 nitrogen and oxygen atoms in total. The zero-order valence-corrected chi connectivity index (χ0v) is 14.1. The number of rotatable bonds is 2. The molecule has 2 aromatic rings. The van der Waals surface area contributed by atoms with Gasteiger partial charge in [0.15, 0.2) is 5.65 Å². The van der Waals surface area contributed by atoms with Crippen LogP contribution in [0.3, 0.4) is 0 Å². The highest BCUT2D eigenvalue weighted by Gasteiger charge is 2.30. The lowest BCUT2D eigenvalue weighted by Crippen LogP contribution is -2.44. The highest BCUT2D eigenvalue weighted by Crippen LogP contribution is 2.27. The summed E-state index contributed by atoms with van der Waals surface area (Å²) < 4.78 is 2.02. The second-order valence-corrected chi connectivity index (χ2v) is 6.52. The van der Waals surface area contributed by atoms with Gasteiger partial charge in [0.05, 0.1) is 0 Å². The van der Waals surface area contributed by atoms with E-state index >= 15 is 0 Å². The molecule has 2 aliphatic heterocycles. The Hall–Kier alpha value is -2.77. The monoisotopic (exact) mass is 340 g/mol. The van der Waals surface area contributed by atoms with Gasteiger partial charge in [-0.05, 0) is 25.0 Å². The third-order valence-electron chi connectivity index (χ3n) is 4.94. The lowest BCUT2D eigenvalue weighted by atomic mass is 9.95. The molecule has 4 heterocycles. The van der Waals surface area contributed by atoms with E-state index in [4.69, 9.17) is 0 Å². The topological polar surface area (TPSA) is 83.2 Å². The van der Waals surface area contributed by atoms with E-state index in [0.717, 1.165) is 24.3 Å². The fraction of sp³-hybridized carbons (Fsp3) is 0.471. The molecule has 130 valence electrons. The van der Waals surface area contributed by atoms with E-state index in [-0.39, 0.29) is 11.8 Å².